The van der Waals surface area contributed by atoms with Crippen LogP contribution in [0.2, 0.25) is 0 Å². The first-order valence-corrected chi connectivity index (χ1v) is 12.7. The van der Waals surface area contributed by atoms with Gasteiger partial charge in [-0.1, -0.05) is 36.4 Å². The number of rotatable bonds is 10. The molecule has 38 heavy (non-hydrogen) atoms. The van der Waals surface area contributed by atoms with Gasteiger partial charge in [0.25, 0.3) is 0 Å². The second-order valence-electron chi connectivity index (χ2n) is 9.03. The van der Waals surface area contributed by atoms with Gasteiger partial charge in [0.05, 0.1) is 32.4 Å². The van der Waals surface area contributed by atoms with E-state index in [1.54, 1.807) is 25.6 Å². The fourth-order valence-corrected chi connectivity index (χ4v) is 4.31. The first kappa shape index (κ1) is 25.6. The molecule has 1 aromatic heterocycles. The van der Waals surface area contributed by atoms with Gasteiger partial charge in [-0.05, 0) is 47.9 Å². The highest BCUT2D eigenvalue weighted by molar-refractivity contribution is 5.93. The number of hydrogen-bond acceptors (Lipinski definition) is 7. The van der Waals surface area contributed by atoms with Crippen LogP contribution >= 0.6 is 0 Å². The molecule has 0 spiro atoms. The fourth-order valence-electron chi connectivity index (χ4n) is 4.31. The molecule has 8 heteroatoms. The smallest absolute Gasteiger partial charge is 0.163 e. The molecule has 0 unspecified atom stereocenters. The molecule has 5 rings (SSSR count). The number of benzene rings is 3. The Labute approximate surface area is 221 Å². The van der Waals surface area contributed by atoms with Gasteiger partial charge in [0.2, 0.25) is 0 Å². The summed E-state index contributed by atoms with van der Waals surface area (Å²) in [5, 5.41) is 4.22. The summed E-state index contributed by atoms with van der Waals surface area (Å²) < 4.78 is 30.2. The average molecular weight is 515 g/mol. The Bertz CT molecular complexity index is 1370. The van der Waals surface area contributed by atoms with Crippen molar-refractivity contribution in [2.45, 2.75) is 6.42 Å². The Balaban J connectivity index is 1.25. The highest BCUT2D eigenvalue weighted by Crippen LogP contribution is 2.35. The minimum atomic E-state index is -0.240. The van der Waals surface area contributed by atoms with Crippen LogP contribution < -0.4 is 14.8 Å². The summed E-state index contributed by atoms with van der Waals surface area (Å²) in [5.41, 5.74) is 3.64. The van der Waals surface area contributed by atoms with Crippen molar-refractivity contribution < 1.29 is 18.6 Å². The summed E-state index contributed by atoms with van der Waals surface area (Å²) in [6.45, 7) is 5.12. The lowest BCUT2D eigenvalue weighted by Gasteiger charge is -2.26. The van der Waals surface area contributed by atoms with Crippen LogP contribution in [0.3, 0.4) is 0 Å². The van der Waals surface area contributed by atoms with Crippen molar-refractivity contribution in [3.05, 3.63) is 83.9 Å². The molecule has 7 nitrogen and oxygen atoms in total. The van der Waals surface area contributed by atoms with E-state index in [1.165, 1.54) is 12.1 Å². The molecule has 0 saturated carbocycles. The Morgan fingerprint density at radius 1 is 0.947 bits per heavy atom. The second kappa shape index (κ2) is 12.5. The minimum absolute atomic E-state index is 0.240. The number of morpholine rings is 1. The summed E-state index contributed by atoms with van der Waals surface area (Å²) in [6, 6.07) is 18.2. The van der Waals surface area contributed by atoms with Crippen molar-refractivity contribution in [1.82, 2.24) is 14.9 Å². The first-order valence-electron chi connectivity index (χ1n) is 12.7. The number of anilines is 2. The number of aromatic nitrogens is 2. The monoisotopic (exact) mass is 514 g/mol. The van der Waals surface area contributed by atoms with Crippen molar-refractivity contribution in [3.8, 4) is 11.5 Å². The third kappa shape index (κ3) is 6.65. The number of ether oxygens (including phenoxy) is 3. The summed E-state index contributed by atoms with van der Waals surface area (Å²) >= 11 is 0. The summed E-state index contributed by atoms with van der Waals surface area (Å²) in [6.07, 6.45) is 6.41. The number of nitrogens with zero attached hydrogens (tertiary/aromatic N) is 3. The predicted molar refractivity (Wildman–Crippen MR) is 149 cm³/mol. The molecule has 0 atom stereocenters. The molecule has 1 fully saturated rings. The molecule has 1 saturated heterocycles. The van der Waals surface area contributed by atoms with Crippen LogP contribution in [-0.4, -0.2) is 61.4 Å². The molecule has 1 N–H and O–H groups in total. The maximum Gasteiger partial charge on any atom is 0.163 e. The van der Waals surface area contributed by atoms with E-state index in [-0.39, 0.29) is 5.82 Å². The lowest BCUT2D eigenvalue weighted by Crippen LogP contribution is -2.37. The summed E-state index contributed by atoms with van der Waals surface area (Å²) in [5.74, 6) is 1.75. The molecule has 0 bridgehead atoms. The molecule has 1 aliphatic heterocycles. The third-order valence-electron chi connectivity index (χ3n) is 6.41. The number of fused-ring (bicyclic) bond motifs is 1. The zero-order valence-electron chi connectivity index (χ0n) is 21.4. The molecule has 196 valence electrons. The second-order valence-corrected chi connectivity index (χ2v) is 9.03. The Kier molecular flexibility index (Phi) is 8.42. The third-order valence-corrected chi connectivity index (χ3v) is 6.41. The Hall–Kier alpha value is -4.01. The molecule has 0 amide bonds. The van der Waals surface area contributed by atoms with Gasteiger partial charge in [0.1, 0.15) is 18.0 Å². The Morgan fingerprint density at radius 3 is 2.37 bits per heavy atom. The van der Waals surface area contributed by atoms with Gasteiger partial charge in [-0.15, -0.1) is 0 Å². The van der Waals surface area contributed by atoms with Crippen molar-refractivity contribution >= 4 is 34.6 Å². The normalized spacial score (nSPS) is 14.2. The maximum atomic E-state index is 13.1. The van der Waals surface area contributed by atoms with Crippen LogP contribution in [-0.2, 0) is 4.74 Å². The number of halogens is 1. The maximum absolute atomic E-state index is 13.1. The van der Waals surface area contributed by atoms with E-state index in [0.29, 0.717) is 23.9 Å². The number of hydrogen-bond donors (Lipinski definition) is 1. The minimum Gasteiger partial charge on any atom is -0.493 e. The van der Waals surface area contributed by atoms with Crippen LogP contribution in [0.1, 0.15) is 17.5 Å². The molecular weight excluding hydrogens is 483 g/mol. The van der Waals surface area contributed by atoms with Crippen LogP contribution in [0.15, 0.2) is 67.0 Å². The lowest BCUT2D eigenvalue weighted by molar-refractivity contribution is 0.0357. The largest absolute Gasteiger partial charge is 0.493 e. The molecule has 2 heterocycles. The van der Waals surface area contributed by atoms with Gasteiger partial charge in [-0.2, -0.15) is 0 Å². The molecular formula is C30H31FN4O3. The van der Waals surface area contributed by atoms with E-state index in [1.807, 2.05) is 48.6 Å². The van der Waals surface area contributed by atoms with Gasteiger partial charge in [-0.25, -0.2) is 14.4 Å². The molecule has 3 aromatic carbocycles. The van der Waals surface area contributed by atoms with Crippen molar-refractivity contribution in [3.63, 3.8) is 0 Å². The van der Waals surface area contributed by atoms with E-state index < -0.39 is 0 Å². The van der Waals surface area contributed by atoms with E-state index in [0.717, 1.165) is 67.0 Å². The molecule has 1 aliphatic rings. The van der Waals surface area contributed by atoms with E-state index in [2.05, 4.69) is 20.2 Å². The average Bonchev–Trinajstić information content (AvgIpc) is 2.96. The van der Waals surface area contributed by atoms with Crippen molar-refractivity contribution in [2.75, 3.05) is 51.9 Å². The Morgan fingerprint density at radius 2 is 1.66 bits per heavy atom. The molecule has 4 aromatic rings. The topological polar surface area (TPSA) is 68.7 Å². The van der Waals surface area contributed by atoms with Gasteiger partial charge in [0.15, 0.2) is 11.5 Å². The van der Waals surface area contributed by atoms with Crippen LogP contribution in [0.25, 0.3) is 23.1 Å². The zero-order valence-corrected chi connectivity index (χ0v) is 21.4. The summed E-state index contributed by atoms with van der Waals surface area (Å²) in [7, 11) is 1.64. The highest BCUT2D eigenvalue weighted by Gasteiger charge is 2.13. The van der Waals surface area contributed by atoms with E-state index >= 15 is 0 Å². The van der Waals surface area contributed by atoms with Crippen LogP contribution in [0.4, 0.5) is 15.9 Å². The van der Waals surface area contributed by atoms with Gasteiger partial charge in [-0.3, -0.25) is 4.90 Å². The molecule has 0 aliphatic carbocycles. The number of nitrogens with one attached hydrogen (secondary N) is 1. The SMILES string of the molecule is COc1cc2c(Nc3ccc(/C=C/c4ccc(F)cc4)cc3)ncnc2cc1OCCCN1CCOCC1. The van der Waals surface area contributed by atoms with Crippen molar-refractivity contribution in [1.29, 1.82) is 0 Å². The highest BCUT2D eigenvalue weighted by atomic mass is 19.1. The van der Waals surface area contributed by atoms with E-state index in [9.17, 15) is 4.39 Å². The van der Waals surface area contributed by atoms with Gasteiger partial charge in [0, 0.05) is 36.8 Å². The van der Waals surface area contributed by atoms with Crippen LogP contribution in [0.5, 0.6) is 11.5 Å². The van der Waals surface area contributed by atoms with Crippen LogP contribution in [0, 0.1) is 5.82 Å². The zero-order chi connectivity index (χ0) is 26.2. The quantitative estimate of drug-likeness (QED) is 0.212. The standard InChI is InChI=1S/C30H31FN4O3/c1-36-28-19-26-27(20-29(28)38-16-2-13-35-14-17-37-18-15-35)32-21-33-30(26)34-25-11-7-23(8-12-25)4-3-22-5-9-24(31)10-6-22/h3-12,19-21H,2,13-18H2,1H3,(H,32,33,34)/b4-3+. The predicted octanol–water partition coefficient (Wildman–Crippen LogP) is 5.79. The van der Waals surface area contributed by atoms with Crippen molar-refractivity contribution in [2.24, 2.45) is 0 Å². The first-order chi connectivity index (χ1) is 18.7. The molecule has 0 radical (unpaired) electrons. The number of methoxy groups -OCH3 is 1. The summed E-state index contributed by atoms with van der Waals surface area (Å²) in [4.78, 5) is 11.3. The van der Waals surface area contributed by atoms with Gasteiger partial charge < -0.3 is 19.5 Å². The fraction of sp³-hybridized carbons (Fsp3) is 0.267. The van der Waals surface area contributed by atoms with Gasteiger partial charge >= 0.3 is 0 Å². The van der Waals surface area contributed by atoms with E-state index in [4.69, 9.17) is 14.2 Å². The lowest BCUT2D eigenvalue weighted by atomic mass is 10.1.